The fourth-order valence-corrected chi connectivity index (χ4v) is 2.57. The van der Waals surface area contributed by atoms with Crippen LogP contribution in [0.5, 0.6) is 0 Å². The summed E-state index contributed by atoms with van der Waals surface area (Å²) in [5.41, 5.74) is 6.17. The van der Waals surface area contributed by atoms with Gasteiger partial charge < -0.3 is 5.73 Å². The maximum atomic E-state index is 10.6. The van der Waals surface area contributed by atoms with E-state index in [2.05, 4.69) is 43.9 Å². The van der Waals surface area contributed by atoms with Crippen LogP contribution in [-0.2, 0) is 4.79 Å². The number of nitrogens with two attached hydrogens (primary N) is 1. The molecule has 0 spiro atoms. The molecule has 0 saturated carbocycles. The topological polar surface area (TPSA) is 43.1 Å². The minimum Gasteiger partial charge on any atom is -0.369 e. The average molecular weight is 233 g/mol. The molecule has 0 aliphatic heterocycles. The molecule has 0 fully saturated rings. The van der Waals surface area contributed by atoms with Gasteiger partial charge in [0.1, 0.15) is 0 Å². The molecule has 1 aromatic rings. The summed E-state index contributed by atoms with van der Waals surface area (Å²) >= 11 is 0. The van der Waals surface area contributed by atoms with Gasteiger partial charge in [-0.05, 0) is 5.56 Å². The minimum atomic E-state index is -1.20. The third-order valence-electron chi connectivity index (χ3n) is 2.41. The van der Waals surface area contributed by atoms with Crippen molar-refractivity contribution < 1.29 is 4.79 Å². The lowest BCUT2D eigenvalue weighted by atomic mass is 10.2. The van der Waals surface area contributed by atoms with E-state index in [-0.39, 0.29) is 5.91 Å². The predicted octanol–water partition coefficient (Wildman–Crippen LogP) is 2.12. The van der Waals surface area contributed by atoms with Gasteiger partial charge in [0.15, 0.2) is 0 Å². The van der Waals surface area contributed by atoms with Crippen LogP contribution in [-0.4, -0.2) is 14.0 Å². The van der Waals surface area contributed by atoms with E-state index in [9.17, 15) is 4.79 Å². The molecule has 16 heavy (non-hydrogen) atoms. The largest absolute Gasteiger partial charge is 0.369 e. The lowest BCUT2D eigenvalue weighted by molar-refractivity contribution is -0.117. The zero-order valence-corrected chi connectivity index (χ0v) is 11.2. The lowest BCUT2D eigenvalue weighted by Crippen LogP contribution is -2.37. The van der Waals surface area contributed by atoms with E-state index in [1.807, 2.05) is 6.08 Å². The van der Waals surface area contributed by atoms with E-state index < -0.39 is 8.07 Å². The third kappa shape index (κ3) is 4.02. The summed E-state index contributed by atoms with van der Waals surface area (Å²) in [7, 11) is -1.20. The summed E-state index contributed by atoms with van der Waals surface area (Å²) in [5.74, 6) is -0.296. The van der Waals surface area contributed by atoms with E-state index in [0.717, 1.165) is 5.56 Å². The van der Waals surface area contributed by atoms with Crippen LogP contribution in [0.1, 0.15) is 12.0 Å². The molecule has 0 aromatic heterocycles. The number of amides is 1. The maximum absolute atomic E-state index is 10.6. The molecule has 0 aliphatic carbocycles. The first-order valence-corrected chi connectivity index (χ1v) is 8.95. The Morgan fingerprint density at radius 3 is 2.25 bits per heavy atom. The van der Waals surface area contributed by atoms with Crippen LogP contribution in [0.2, 0.25) is 19.6 Å². The standard InChI is InChI=1S/C13H19NOSi/c1-16(2,3)12-9-7-11(8-10-12)5-4-6-13(14)15/h4-5,7-10H,6H2,1-3H3,(H2,14,15). The van der Waals surface area contributed by atoms with Crippen LogP contribution in [0.25, 0.3) is 6.08 Å². The van der Waals surface area contributed by atoms with Crippen LogP contribution >= 0.6 is 0 Å². The van der Waals surface area contributed by atoms with E-state index in [1.165, 1.54) is 5.19 Å². The maximum Gasteiger partial charge on any atom is 0.221 e. The van der Waals surface area contributed by atoms with Crippen LogP contribution in [0.15, 0.2) is 30.3 Å². The Kier molecular flexibility index (Phi) is 4.07. The Hall–Kier alpha value is -1.35. The van der Waals surface area contributed by atoms with Crippen molar-refractivity contribution in [3.63, 3.8) is 0 Å². The molecule has 1 amide bonds. The molecule has 0 aliphatic rings. The van der Waals surface area contributed by atoms with Gasteiger partial charge in [0.05, 0.1) is 8.07 Å². The van der Waals surface area contributed by atoms with Gasteiger partial charge in [-0.1, -0.05) is 61.2 Å². The highest BCUT2D eigenvalue weighted by Gasteiger charge is 2.15. The summed E-state index contributed by atoms with van der Waals surface area (Å²) < 4.78 is 0. The highest BCUT2D eigenvalue weighted by Crippen LogP contribution is 2.06. The van der Waals surface area contributed by atoms with Crippen molar-refractivity contribution in [1.29, 1.82) is 0 Å². The van der Waals surface area contributed by atoms with Crippen molar-refractivity contribution in [2.24, 2.45) is 5.73 Å². The normalized spacial score (nSPS) is 11.9. The monoisotopic (exact) mass is 233 g/mol. The van der Waals surface area contributed by atoms with E-state index >= 15 is 0 Å². The van der Waals surface area contributed by atoms with Crippen LogP contribution in [0.3, 0.4) is 0 Å². The molecular weight excluding hydrogens is 214 g/mol. The number of carbonyl (C=O) groups is 1. The molecule has 1 rings (SSSR count). The Labute approximate surface area is 98.2 Å². The van der Waals surface area contributed by atoms with Gasteiger partial charge in [-0.3, -0.25) is 4.79 Å². The van der Waals surface area contributed by atoms with Gasteiger partial charge in [-0.25, -0.2) is 0 Å². The molecule has 2 N–H and O–H groups in total. The second-order valence-electron chi connectivity index (χ2n) is 4.94. The summed E-state index contributed by atoms with van der Waals surface area (Å²) in [5, 5.41) is 1.44. The van der Waals surface area contributed by atoms with Crippen molar-refractivity contribution >= 4 is 25.2 Å². The second-order valence-corrected chi connectivity index (χ2v) is 10.0. The third-order valence-corrected chi connectivity index (χ3v) is 4.47. The number of primary amides is 1. The van der Waals surface area contributed by atoms with Crippen molar-refractivity contribution in [2.75, 3.05) is 0 Å². The van der Waals surface area contributed by atoms with Crippen molar-refractivity contribution in [1.82, 2.24) is 0 Å². The van der Waals surface area contributed by atoms with Crippen LogP contribution in [0, 0.1) is 0 Å². The molecule has 0 atom stereocenters. The zero-order valence-electron chi connectivity index (χ0n) is 10.2. The summed E-state index contributed by atoms with van der Waals surface area (Å²) in [6, 6.07) is 8.53. The minimum absolute atomic E-state index is 0.296. The van der Waals surface area contributed by atoms with Crippen molar-refractivity contribution in [3.05, 3.63) is 35.9 Å². The predicted molar refractivity (Wildman–Crippen MR) is 72.3 cm³/mol. The Morgan fingerprint density at radius 1 is 1.25 bits per heavy atom. The first-order chi connectivity index (χ1) is 7.39. The summed E-state index contributed by atoms with van der Waals surface area (Å²) in [4.78, 5) is 10.6. The van der Waals surface area contributed by atoms with Gasteiger partial charge in [-0.15, -0.1) is 0 Å². The molecule has 86 valence electrons. The number of hydrogen-bond donors (Lipinski definition) is 1. The molecule has 0 radical (unpaired) electrons. The Bertz CT molecular complexity index is 387. The van der Waals surface area contributed by atoms with E-state index in [1.54, 1.807) is 6.08 Å². The van der Waals surface area contributed by atoms with Crippen molar-refractivity contribution in [3.8, 4) is 0 Å². The summed E-state index contributed by atoms with van der Waals surface area (Å²) in [6.07, 6.45) is 4.03. The van der Waals surface area contributed by atoms with Crippen LogP contribution < -0.4 is 10.9 Å². The van der Waals surface area contributed by atoms with Gasteiger partial charge in [0, 0.05) is 6.42 Å². The number of hydrogen-bond acceptors (Lipinski definition) is 1. The quantitative estimate of drug-likeness (QED) is 0.795. The number of carbonyl (C=O) groups excluding carboxylic acids is 1. The van der Waals surface area contributed by atoms with Gasteiger partial charge >= 0.3 is 0 Å². The molecule has 0 unspecified atom stereocenters. The number of benzene rings is 1. The highest BCUT2D eigenvalue weighted by molar-refractivity contribution is 6.88. The Balaban J connectivity index is 2.72. The fraction of sp³-hybridized carbons (Fsp3) is 0.308. The van der Waals surface area contributed by atoms with Gasteiger partial charge in [-0.2, -0.15) is 0 Å². The molecule has 0 heterocycles. The van der Waals surface area contributed by atoms with E-state index in [4.69, 9.17) is 5.73 Å². The molecule has 0 saturated heterocycles. The lowest BCUT2D eigenvalue weighted by Gasteiger charge is -2.16. The second kappa shape index (κ2) is 5.12. The van der Waals surface area contributed by atoms with Crippen molar-refractivity contribution in [2.45, 2.75) is 26.1 Å². The molecule has 0 bridgehead atoms. The molecule has 3 heteroatoms. The van der Waals surface area contributed by atoms with Crippen LogP contribution in [0.4, 0.5) is 0 Å². The Morgan fingerprint density at radius 2 is 1.81 bits per heavy atom. The molecule has 1 aromatic carbocycles. The fourth-order valence-electron chi connectivity index (χ4n) is 1.41. The summed E-state index contributed by atoms with van der Waals surface area (Å²) in [6.45, 7) is 6.97. The SMILES string of the molecule is C[Si](C)(C)c1ccc(C=CCC(N)=O)cc1. The first kappa shape index (κ1) is 12.7. The van der Waals surface area contributed by atoms with Gasteiger partial charge in [0.2, 0.25) is 5.91 Å². The average Bonchev–Trinajstić information content (AvgIpc) is 2.16. The van der Waals surface area contributed by atoms with E-state index in [0.29, 0.717) is 6.42 Å². The first-order valence-electron chi connectivity index (χ1n) is 5.45. The highest BCUT2D eigenvalue weighted by atomic mass is 28.3. The smallest absolute Gasteiger partial charge is 0.221 e. The molecular formula is C13H19NOSi. The molecule has 2 nitrogen and oxygen atoms in total. The van der Waals surface area contributed by atoms with Gasteiger partial charge in [0.25, 0.3) is 0 Å². The number of rotatable bonds is 4. The zero-order chi connectivity index (χ0) is 12.2.